The maximum Gasteiger partial charge on any atom is 0.0761 e. The Morgan fingerprint density at radius 3 is 2.56 bits per heavy atom. The Balaban J connectivity index is 2.29. The molecular formula is C15H24O. The fourth-order valence-electron chi connectivity index (χ4n) is 3.46. The molecule has 2 aliphatic carbocycles. The first-order valence-electron chi connectivity index (χ1n) is 6.57. The fraction of sp³-hybridized carbons (Fsp3) is 0.733. The Bertz CT molecular complexity index is 326. The molecule has 0 spiro atoms. The summed E-state index contributed by atoms with van der Waals surface area (Å²) in [6.07, 6.45) is 4.37. The Morgan fingerprint density at radius 1 is 1.25 bits per heavy atom. The maximum atomic E-state index is 10.1. The predicted molar refractivity (Wildman–Crippen MR) is 68.1 cm³/mol. The Labute approximate surface area is 99.3 Å². The quantitative estimate of drug-likeness (QED) is 0.668. The van der Waals surface area contributed by atoms with E-state index in [1.165, 1.54) is 24.0 Å². The molecule has 0 aliphatic heterocycles. The predicted octanol–water partition coefficient (Wildman–Crippen LogP) is 3.70. The van der Waals surface area contributed by atoms with Gasteiger partial charge in [-0.2, -0.15) is 0 Å². The first kappa shape index (κ1) is 11.9. The van der Waals surface area contributed by atoms with E-state index in [1.54, 1.807) is 5.57 Å². The maximum absolute atomic E-state index is 10.1. The SMILES string of the molecule is C=C(C)C1CCC(C)C2=C(C1)C(C)CC2O. The van der Waals surface area contributed by atoms with Crippen molar-refractivity contribution in [2.75, 3.05) is 0 Å². The summed E-state index contributed by atoms with van der Waals surface area (Å²) in [6, 6.07) is 0. The molecule has 90 valence electrons. The van der Waals surface area contributed by atoms with Crippen molar-refractivity contribution in [3.05, 3.63) is 23.3 Å². The van der Waals surface area contributed by atoms with Crippen LogP contribution in [-0.2, 0) is 0 Å². The minimum Gasteiger partial charge on any atom is -0.389 e. The van der Waals surface area contributed by atoms with Gasteiger partial charge in [0, 0.05) is 0 Å². The minimum atomic E-state index is -0.163. The summed E-state index contributed by atoms with van der Waals surface area (Å²) < 4.78 is 0. The van der Waals surface area contributed by atoms with Crippen molar-refractivity contribution < 1.29 is 5.11 Å². The van der Waals surface area contributed by atoms with Crippen molar-refractivity contribution in [1.29, 1.82) is 0 Å². The monoisotopic (exact) mass is 220 g/mol. The second kappa shape index (κ2) is 4.37. The van der Waals surface area contributed by atoms with E-state index >= 15 is 0 Å². The van der Waals surface area contributed by atoms with Crippen LogP contribution < -0.4 is 0 Å². The molecule has 2 rings (SSSR count). The summed E-state index contributed by atoms with van der Waals surface area (Å²) in [7, 11) is 0. The molecule has 4 atom stereocenters. The van der Waals surface area contributed by atoms with Crippen molar-refractivity contribution in [1.82, 2.24) is 0 Å². The van der Waals surface area contributed by atoms with Crippen LogP contribution in [0.5, 0.6) is 0 Å². The highest BCUT2D eigenvalue weighted by molar-refractivity contribution is 5.31. The minimum absolute atomic E-state index is 0.163. The average molecular weight is 220 g/mol. The Morgan fingerprint density at radius 2 is 1.94 bits per heavy atom. The van der Waals surface area contributed by atoms with Crippen molar-refractivity contribution >= 4 is 0 Å². The molecule has 0 saturated carbocycles. The normalized spacial score (nSPS) is 39.5. The molecule has 4 unspecified atom stereocenters. The molecule has 1 heteroatoms. The molecule has 0 aromatic heterocycles. The van der Waals surface area contributed by atoms with Gasteiger partial charge in [-0.3, -0.25) is 0 Å². The van der Waals surface area contributed by atoms with Gasteiger partial charge in [-0.15, -0.1) is 0 Å². The van der Waals surface area contributed by atoms with E-state index in [1.807, 2.05) is 0 Å². The van der Waals surface area contributed by atoms with Gasteiger partial charge in [0.1, 0.15) is 0 Å². The van der Waals surface area contributed by atoms with E-state index in [0.717, 1.165) is 12.8 Å². The van der Waals surface area contributed by atoms with Gasteiger partial charge < -0.3 is 5.11 Å². The molecule has 1 nitrogen and oxygen atoms in total. The van der Waals surface area contributed by atoms with Gasteiger partial charge in [-0.1, -0.05) is 31.6 Å². The molecule has 0 aromatic carbocycles. The highest BCUT2D eigenvalue weighted by Gasteiger charge is 2.35. The Hall–Kier alpha value is -0.560. The largest absolute Gasteiger partial charge is 0.389 e. The van der Waals surface area contributed by atoms with Crippen LogP contribution in [0.25, 0.3) is 0 Å². The zero-order valence-electron chi connectivity index (χ0n) is 10.8. The van der Waals surface area contributed by atoms with Gasteiger partial charge in [0.2, 0.25) is 0 Å². The van der Waals surface area contributed by atoms with Crippen LogP contribution in [0.15, 0.2) is 23.3 Å². The van der Waals surface area contributed by atoms with E-state index < -0.39 is 0 Å². The summed E-state index contributed by atoms with van der Waals surface area (Å²) in [5, 5.41) is 10.1. The lowest BCUT2D eigenvalue weighted by molar-refractivity contribution is 0.189. The standard InChI is InChI=1S/C15H24O/c1-9(2)12-6-5-10(3)15-13(8-12)11(4)7-14(15)16/h10-12,14,16H,1,5-8H2,2-4H3. The molecule has 0 saturated heterocycles. The van der Waals surface area contributed by atoms with Gasteiger partial charge in [0.05, 0.1) is 6.10 Å². The summed E-state index contributed by atoms with van der Waals surface area (Å²) in [5.74, 6) is 1.79. The van der Waals surface area contributed by atoms with Gasteiger partial charge in [0.25, 0.3) is 0 Å². The number of aliphatic hydroxyl groups is 1. The smallest absolute Gasteiger partial charge is 0.0761 e. The zero-order valence-corrected chi connectivity index (χ0v) is 10.8. The average Bonchev–Trinajstić information content (AvgIpc) is 2.39. The highest BCUT2D eigenvalue weighted by Crippen LogP contribution is 2.45. The molecule has 1 N–H and O–H groups in total. The highest BCUT2D eigenvalue weighted by atomic mass is 16.3. The van der Waals surface area contributed by atoms with E-state index in [9.17, 15) is 5.11 Å². The number of rotatable bonds is 1. The van der Waals surface area contributed by atoms with Crippen LogP contribution in [0, 0.1) is 17.8 Å². The lowest BCUT2D eigenvalue weighted by Crippen LogP contribution is -2.12. The first-order chi connectivity index (χ1) is 7.50. The van der Waals surface area contributed by atoms with Crippen molar-refractivity contribution in [2.45, 2.75) is 52.6 Å². The summed E-state index contributed by atoms with van der Waals surface area (Å²) in [5.41, 5.74) is 4.23. The summed E-state index contributed by atoms with van der Waals surface area (Å²) in [4.78, 5) is 0. The molecule has 0 aromatic rings. The molecule has 0 fully saturated rings. The van der Waals surface area contributed by atoms with Crippen LogP contribution in [-0.4, -0.2) is 11.2 Å². The van der Waals surface area contributed by atoms with Gasteiger partial charge in [0.15, 0.2) is 0 Å². The molecule has 2 aliphatic rings. The third-order valence-electron chi connectivity index (χ3n) is 4.54. The zero-order chi connectivity index (χ0) is 11.9. The van der Waals surface area contributed by atoms with Crippen LogP contribution in [0.4, 0.5) is 0 Å². The van der Waals surface area contributed by atoms with Gasteiger partial charge >= 0.3 is 0 Å². The number of allylic oxidation sites excluding steroid dienone is 2. The van der Waals surface area contributed by atoms with Crippen LogP contribution in [0.2, 0.25) is 0 Å². The fourth-order valence-corrected chi connectivity index (χ4v) is 3.46. The van der Waals surface area contributed by atoms with Crippen molar-refractivity contribution in [3.63, 3.8) is 0 Å². The topological polar surface area (TPSA) is 20.2 Å². The number of hydrogen-bond acceptors (Lipinski definition) is 1. The number of hydrogen-bond donors (Lipinski definition) is 1. The molecule has 0 heterocycles. The lowest BCUT2D eigenvalue weighted by Gasteiger charge is -2.18. The van der Waals surface area contributed by atoms with E-state index in [2.05, 4.69) is 27.4 Å². The summed E-state index contributed by atoms with van der Waals surface area (Å²) >= 11 is 0. The second-order valence-corrected chi connectivity index (χ2v) is 5.86. The molecule has 0 amide bonds. The third kappa shape index (κ3) is 1.98. The van der Waals surface area contributed by atoms with Crippen LogP contribution >= 0.6 is 0 Å². The van der Waals surface area contributed by atoms with E-state index in [4.69, 9.17) is 0 Å². The van der Waals surface area contributed by atoms with Gasteiger partial charge in [-0.25, -0.2) is 0 Å². The summed E-state index contributed by atoms with van der Waals surface area (Å²) in [6.45, 7) is 10.8. The molecule has 0 radical (unpaired) electrons. The number of aliphatic hydroxyl groups excluding tert-OH is 1. The second-order valence-electron chi connectivity index (χ2n) is 5.86. The molecule has 16 heavy (non-hydrogen) atoms. The van der Waals surface area contributed by atoms with Crippen LogP contribution in [0.3, 0.4) is 0 Å². The third-order valence-corrected chi connectivity index (χ3v) is 4.54. The molecule has 0 bridgehead atoms. The van der Waals surface area contributed by atoms with Gasteiger partial charge in [-0.05, 0) is 55.9 Å². The van der Waals surface area contributed by atoms with Crippen LogP contribution in [0.1, 0.15) is 46.5 Å². The molecular weight excluding hydrogens is 196 g/mol. The van der Waals surface area contributed by atoms with E-state index in [-0.39, 0.29) is 6.10 Å². The van der Waals surface area contributed by atoms with E-state index in [0.29, 0.717) is 17.8 Å². The van der Waals surface area contributed by atoms with Crippen molar-refractivity contribution in [3.8, 4) is 0 Å². The van der Waals surface area contributed by atoms with Crippen molar-refractivity contribution in [2.24, 2.45) is 17.8 Å². The first-order valence-corrected chi connectivity index (χ1v) is 6.57. The lowest BCUT2D eigenvalue weighted by atomic mass is 9.87. The Kier molecular flexibility index (Phi) is 3.25.